The smallest absolute Gasteiger partial charge is 0.244 e. The first kappa shape index (κ1) is 30.1. The maximum absolute atomic E-state index is 14.0. The van der Waals surface area contributed by atoms with Gasteiger partial charge >= 0.3 is 0 Å². The van der Waals surface area contributed by atoms with Crippen LogP contribution in [0.3, 0.4) is 0 Å². The molecule has 0 radical (unpaired) electrons. The molecule has 0 fully saturated rings. The third kappa shape index (κ3) is 9.07. The van der Waals surface area contributed by atoms with Crippen LogP contribution in [0.15, 0.2) is 78.9 Å². The van der Waals surface area contributed by atoms with Crippen molar-refractivity contribution >= 4 is 39.1 Å². The molecule has 7 nitrogen and oxygen atoms in total. The molecule has 3 rings (SSSR count). The standard InChI is InChI=1S/C29H33ClFN3O4S/c1-29(2,3)32-28(36)26(18-21-8-6-5-7-9-21)33(19-22-10-12-23(30)13-11-22)27(35)20-34(39(4,37)38)25-16-14-24(31)15-17-25/h5-17,26H,18-20H2,1-4H3,(H,32,36)/t26-/m1/s1. The van der Waals surface area contributed by atoms with E-state index in [0.717, 1.165) is 28.3 Å². The van der Waals surface area contributed by atoms with Crippen LogP contribution in [0.25, 0.3) is 0 Å². The molecule has 0 saturated heterocycles. The number of sulfonamides is 1. The van der Waals surface area contributed by atoms with E-state index in [2.05, 4.69) is 5.32 Å². The van der Waals surface area contributed by atoms with Crippen molar-refractivity contribution in [3.8, 4) is 0 Å². The summed E-state index contributed by atoms with van der Waals surface area (Å²) < 4.78 is 39.9. The molecule has 0 aliphatic rings. The van der Waals surface area contributed by atoms with Gasteiger partial charge in [-0.05, 0) is 68.3 Å². The second-order valence-electron chi connectivity index (χ2n) is 10.3. The third-order valence-corrected chi connectivity index (χ3v) is 7.22. The second-order valence-corrected chi connectivity index (χ2v) is 12.7. The van der Waals surface area contributed by atoms with E-state index < -0.39 is 39.9 Å². The molecule has 10 heteroatoms. The van der Waals surface area contributed by atoms with Gasteiger partial charge in [0, 0.05) is 23.5 Å². The zero-order valence-electron chi connectivity index (χ0n) is 22.4. The second kappa shape index (κ2) is 12.6. The van der Waals surface area contributed by atoms with Gasteiger partial charge in [-0.15, -0.1) is 0 Å². The average molecular weight is 574 g/mol. The molecular formula is C29H33ClFN3O4S. The number of benzene rings is 3. The lowest BCUT2D eigenvalue weighted by Crippen LogP contribution is -2.56. The van der Waals surface area contributed by atoms with Gasteiger partial charge in [-0.2, -0.15) is 0 Å². The minimum Gasteiger partial charge on any atom is -0.350 e. The summed E-state index contributed by atoms with van der Waals surface area (Å²) in [5, 5.41) is 3.48. The number of nitrogens with zero attached hydrogens (tertiary/aromatic N) is 2. The Morgan fingerprint density at radius 3 is 2.05 bits per heavy atom. The Bertz CT molecular complexity index is 1380. The first-order chi connectivity index (χ1) is 18.2. The van der Waals surface area contributed by atoms with Crippen molar-refractivity contribution in [3.05, 3.63) is 101 Å². The van der Waals surface area contributed by atoms with Crippen LogP contribution < -0.4 is 9.62 Å². The number of nitrogens with one attached hydrogen (secondary N) is 1. The fraction of sp³-hybridized carbons (Fsp3) is 0.310. The van der Waals surface area contributed by atoms with E-state index in [-0.39, 0.29) is 24.6 Å². The van der Waals surface area contributed by atoms with Crippen LogP contribution >= 0.6 is 11.6 Å². The van der Waals surface area contributed by atoms with Gasteiger partial charge in [0.25, 0.3) is 0 Å². The Labute approximate surface area is 234 Å². The van der Waals surface area contributed by atoms with Crippen molar-refractivity contribution in [3.63, 3.8) is 0 Å². The van der Waals surface area contributed by atoms with E-state index in [1.807, 2.05) is 51.1 Å². The van der Waals surface area contributed by atoms with Gasteiger partial charge in [-0.25, -0.2) is 12.8 Å². The highest BCUT2D eigenvalue weighted by Crippen LogP contribution is 2.21. The molecule has 0 aromatic heterocycles. The van der Waals surface area contributed by atoms with Crippen molar-refractivity contribution in [2.75, 3.05) is 17.1 Å². The highest BCUT2D eigenvalue weighted by Gasteiger charge is 2.34. The maximum atomic E-state index is 14.0. The Hall–Kier alpha value is -3.43. The van der Waals surface area contributed by atoms with Crippen LogP contribution in [0.4, 0.5) is 10.1 Å². The summed E-state index contributed by atoms with van der Waals surface area (Å²) in [6.45, 7) is 4.99. The maximum Gasteiger partial charge on any atom is 0.244 e. The SMILES string of the molecule is CC(C)(C)NC(=O)[C@@H](Cc1ccccc1)N(Cc1ccc(Cl)cc1)C(=O)CN(c1ccc(F)cc1)S(C)(=O)=O. The normalized spacial score (nSPS) is 12.5. The summed E-state index contributed by atoms with van der Waals surface area (Å²) >= 11 is 6.06. The Morgan fingerprint density at radius 1 is 0.923 bits per heavy atom. The molecule has 1 N–H and O–H groups in total. The lowest BCUT2D eigenvalue weighted by atomic mass is 10.0. The molecule has 0 spiro atoms. The lowest BCUT2D eigenvalue weighted by Gasteiger charge is -2.35. The summed E-state index contributed by atoms with van der Waals surface area (Å²) in [5.41, 5.74) is 1.10. The molecule has 0 aliphatic carbocycles. The Kier molecular flexibility index (Phi) is 9.74. The van der Waals surface area contributed by atoms with Crippen LogP contribution in [0.5, 0.6) is 0 Å². The molecule has 39 heavy (non-hydrogen) atoms. The summed E-state index contributed by atoms with van der Waals surface area (Å²) in [4.78, 5) is 29.0. The zero-order valence-corrected chi connectivity index (χ0v) is 24.0. The van der Waals surface area contributed by atoms with E-state index in [4.69, 9.17) is 11.6 Å². The molecular weight excluding hydrogens is 541 g/mol. The first-order valence-corrected chi connectivity index (χ1v) is 14.6. The van der Waals surface area contributed by atoms with E-state index in [9.17, 15) is 22.4 Å². The molecule has 0 heterocycles. The van der Waals surface area contributed by atoms with Crippen LogP contribution in [0.2, 0.25) is 5.02 Å². The molecule has 0 aliphatic heterocycles. The quantitative estimate of drug-likeness (QED) is 0.377. The minimum atomic E-state index is -3.93. The van der Waals surface area contributed by atoms with Gasteiger partial charge in [0.1, 0.15) is 18.4 Å². The predicted octanol–water partition coefficient (Wildman–Crippen LogP) is 4.80. The molecule has 2 amide bonds. The van der Waals surface area contributed by atoms with Gasteiger partial charge in [0.05, 0.1) is 11.9 Å². The molecule has 208 valence electrons. The fourth-order valence-electron chi connectivity index (χ4n) is 4.01. The van der Waals surface area contributed by atoms with Crippen molar-refractivity contribution in [2.24, 2.45) is 0 Å². The third-order valence-electron chi connectivity index (χ3n) is 5.83. The Morgan fingerprint density at radius 2 is 1.51 bits per heavy atom. The van der Waals surface area contributed by atoms with Crippen molar-refractivity contribution < 1.29 is 22.4 Å². The zero-order chi connectivity index (χ0) is 28.8. The van der Waals surface area contributed by atoms with E-state index in [1.54, 1.807) is 24.3 Å². The van der Waals surface area contributed by atoms with Crippen molar-refractivity contribution in [1.29, 1.82) is 0 Å². The summed E-state index contributed by atoms with van der Waals surface area (Å²) in [6, 6.07) is 20.0. The summed E-state index contributed by atoms with van der Waals surface area (Å²) in [7, 11) is -3.93. The molecule has 0 unspecified atom stereocenters. The molecule has 3 aromatic carbocycles. The summed E-state index contributed by atoms with van der Waals surface area (Å²) in [6.07, 6.45) is 1.18. The summed E-state index contributed by atoms with van der Waals surface area (Å²) in [5.74, 6) is -1.50. The van der Waals surface area contributed by atoms with Gasteiger partial charge in [-0.3, -0.25) is 13.9 Å². The van der Waals surface area contributed by atoms with Crippen LogP contribution in [0.1, 0.15) is 31.9 Å². The highest BCUT2D eigenvalue weighted by atomic mass is 35.5. The minimum absolute atomic E-state index is 0.0338. The molecule has 3 aromatic rings. The number of rotatable bonds is 10. The number of amides is 2. The Balaban J connectivity index is 2.06. The van der Waals surface area contributed by atoms with Crippen molar-refractivity contribution in [2.45, 2.75) is 45.3 Å². The van der Waals surface area contributed by atoms with E-state index in [0.29, 0.717) is 10.6 Å². The van der Waals surface area contributed by atoms with Gasteiger partial charge in [-0.1, -0.05) is 54.1 Å². The molecule has 0 saturated carbocycles. The topological polar surface area (TPSA) is 86.8 Å². The first-order valence-electron chi connectivity index (χ1n) is 12.4. The van der Waals surface area contributed by atoms with Crippen LogP contribution in [-0.4, -0.2) is 49.5 Å². The lowest BCUT2D eigenvalue weighted by molar-refractivity contribution is -0.140. The molecule has 1 atom stereocenters. The monoisotopic (exact) mass is 573 g/mol. The average Bonchev–Trinajstić information content (AvgIpc) is 2.85. The number of hydrogen-bond donors (Lipinski definition) is 1. The number of hydrogen-bond acceptors (Lipinski definition) is 4. The van der Waals surface area contributed by atoms with E-state index in [1.165, 1.54) is 17.0 Å². The van der Waals surface area contributed by atoms with Crippen LogP contribution in [0, 0.1) is 5.82 Å². The fourth-order valence-corrected chi connectivity index (χ4v) is 4.99. The number of carbonyl (C=O) groups excluding carboxylic acids is 2. The van der Waals surface area contributed by atoms with Crippen molar-refractivity contribution in [1.82, 2.24) is 10.2 Å². The predicted molar refractivity (Wildman–Crippen MR) is 152 cm³/mol. The number of anilines is 1. The largest absolute Gasteiger partial charge is 0.350 e. The number of carbonyl (C=O) groups is 2. The highest BCUT2D eigenvalue weighted by molar-refractivity contribution is 7.92. The molecule has 0 bridgehead atoms. The van der Waals surface area contributed by atoms with Crippen LogP contribution in [-0.2, 0) is 32.6 Å². The number of halogens is 2. The van der Waals surface area contributed by atoms with Gasteiger partial charge in [0.15, 0.2) is 0 Å². The van der Waals surface area contributed by atoms with Gasteiger partial charge < -0.3 is 10.2 Å². The van der Waals surface area contributed by atoms with Gasteiger partial charge in [0.2, 0.25) is 21.8 Å². The van der Waals surface area contributed by atoms with E-state index >= 15 is 0 Å².